The summed E-state index contributed by atoms with van der Waals surface area (Å²) in [7, 11) is 0. The van der Waals surface area contributed by atoms with Gasteiger partial charge in [0, 0.05) is 11.4 Å². The van der Waals surface area contributed by atoms with Gasteiger partial charge in [0.2, 0.25) is 5.91 Å². The highest BCUT2D eigenvalue weighted by molar-refractivity contribution is 8.00. The lowest BCUT2D eigenvalue weighted by molar-refractivity contribution is -0.118. The minimum absolute atomic E-state index is 0.0429. The van der Waals surface area contributed by atoms with Crippen LogP contribution in [0.25, 0.3) is 0 Å². The molecule has 100 valence electrons. The van der Waals surface area contributed by atoms with Crippen LogP contribution in [-0.2, 0) is 4.79 Å². The van der Waals surface area contributed by atoms with Crippen LogP contribution in [0.15, 0.2) is 35.2 Å². The van der Waals surface area contributed by atoms with Crippen molar-refractivity contribution in [2.75, 3.05) is 12.3 Å². The minimum Gasteiger partial charge on any atom is -0.393 e. The van der Waals surface area contributed by atoms with Crippen LogP contribution in [-0.4, -0.2) is 29.4 Å². The molecule has 18 heavy (non-hydrogen) atoms. The van der Waals surface area contributed by atoms with E-state index in [1.54, 1.807) is 6.92 Å². The summed E-state index contributed by atoms with van der Waals surface area (Å²) in [5.41, 5.74) is 0. The van der Waals surface area contributed by atoms with Crippen molar-refractivity contribution in [1.29, 1.82) is 0 Å². The Labute approximate surface area is 113 Å². The Bertz CT molecular complexity index is 354. The first-order valence-corrected chi connectivity index (χ1v) is 7.19. The highest BCUT2D eigenvalue weighted by Gasteiger charge is 2.08. The Morgan fingerprint density at radius 3 is 2.61 bits per heavy atom. The number of aliphatic hydroxyl groups is 1. The molecule has 0 aliphatic rings. The Morgan fingerprint density at radius 2 is 2.00 bits per heavy atom. The number of rotatable bonds is 7. The topological polar surface area (TPSA) is 49.3 Å². The van der Waals surface area contributed by atoms with Crippen molar-refractivity contribution in [3.63, 3.8) is 0 Å². The maximum atomic E-state index is 11.6. The van der Waals surface area contributed by atoms with Gasteiger partial charge >= 0.3 is 0 Å². The van der Waals surface area contributed by atoms with Crippen LogP contribution < -0.4 is 5.32 Å². The van der Waals surface area contributed by atoms with Gasteiger partial charge in [0.25, 0.3) is 0 Å². The van der Waals surface area contributed by atoms with Crippen LogP contribution in [0.5, 0.6) is 0 Å². The lowest BCUT2D eigenvalue weighted by Gasteiger charge is -2.14. The number of amides is 1. The van der Waals surface area contributed by atoms with Crippen LogP contribution in [0.3, 0.4) is 0 Å². The van der Waals surface area contributed by atoms with Crippen molar-refractivity contribution in [3.8, 4) is 0 Å². The van der Waals surface area contributed by atoms with Crippen molar-refractivity contribution in [2.45, 2.75) is 31.3 Å². The molecule has 0 heterocycles. The second-order valence-electron chi connectivity index (χ2n) is 4.60. The number of nitrogens with one attached hydrogen (secondary N) is 1. The third kappa shape index (κ3) is 6.67. The molecule has 0 fully saturated rings. The fraction of sp³-hybridized carbons (Fsp3) is 0.500. The van der Waals surface area contributed by atoms with Gasteiger partial charge in [-0.2, -0.15) is 0 Å². The molecule has 3 nitrogen and oxygen atoms in total. The third-order valence-electron chi connectivity index (χ3n) is 2.50. The fourth-order valence-electron chi connectivity index (χ4n) is 1.67. The van der Waals surface area contributed by atoms with E-state index in [2.05, 4.69) is 5.32 Å². The van der Waals surface area contributed by atoms with Crippen LogP contribution in [0.1, 0.15) is 20.3 Å². The van der Waals surface area contributed by atoms with E-state index in [1.165, 1.54) is 11.8 Å². The van der Waals surface area contributed by atoms with Crippen molar-refractivity contribution in [1.82, 2.24) is 5.32 Å². The third-order valence-corrected chi connectivity index (χ3v) is 3.52. The molecule has 1 aromatic rings. The van der Waals surface area contributed by atoms with E-state index >= 15 is 0 Å². The molecule has 1 aromatic carbocycles. The normalized spacial score (nSPS) is 13.9. The van der Waals surface area contributed by atoms with Gasteiger partial charge in [0.05, 0.1) is 11.9 Å². The highest BCUT2D eigenvalue weighted by Crippen LogP contribution is 2.16. The first kappa shape index (κ1) is 15.1. The van der Waals surface area contributed by atoms with E-state index in [4.69, 9.17) is 0 Å². The van der Waals surface area contributed by atoms with Gasteiger partial charge < -0.3 is 10.4 Å². The summed E-state index contributed by atoms with van der Waals surface area (Å²) in [6.07, 6.45) is 0.405. The van der Waals surface area contributed by atoms with E-state index in [0.717, 1.165) is 4.90 Å². The molecule has 4 heteroatoms. The number of carbonyl (C=O) groups is 1. The molecular formula is C14H21NO2S. The quantitative estimate of drug-likeness (QED) is 0.745. The standard InChI is InChI=1S/C14H21NO2S/c1-11(8-12(2)16)9-15-14(17)10-18-13-6-4-3-5-7-13/h3-7,11-12,16H,8-10H2,1-2H3,(H,15,17). The monoisotopic (exact) mass is 267 g/mol. The summed E-state index contributed by atoms with van der Waals surface area (Å²) >= 11 is 1.53. The van der Waals surface area contributed by atoms with Crippen LogP contribution >= 0.6 is 11.8 Å². The molecule has 0 aromatic heterocycles. The Kier molecular flexibility index (Phi) is 6.83. The molecule has 2 atom stereocenters. The largest absolute Gasteiger partial charge is 0.393 e. The molecule has 1 amide bonds. The maximum Gasteiger partial charge on any atom is 0.230 e. The zero-order valence-corrected chi connectivity index (χ0v) is 11.7. The van der Waals surface area contributed by atoms with Crippen LogP contribution in [0, 0.1) is 5.92 Å². The van der Waals surface area contributed by atoms with Gasteiger partial charge in [-0.1, -0.05) is 25.1 Å². The van der Waals surface area contributed by atoms with E-state index < -0.39 is 0 Å². The van der Waals surface area contributed by atoms with Crippen molar-refractivity contribution in [3.05, 3.63) is 30.3 Å². The zero-order valence-electron chi connectivity index (χ0n) is 10.9. The van der Waals surface area contributed by atoms with E-state index in [0.29, 0.717) is 24.6 Å². The van der Waals surface area contributed by atoms with Gasteiger partial charge in [-0.25, -0.2) is 0 Å². The zero-order chi connectivity index (χ0) is 13.4. The molecular weight excluding hydrogens is 246 g/mol. The van der Waals surface area contributed by atoms with Crippen molar-refractivity contribution < 1.29 is 9.90 Å². The van der Waals surface area contributed by atoms with Crippen molar-refractivity contribution >= 4 is 17.7 Å². The summed E-state index contributed by atoms with van der Waals surface area (Å²) in [4.78, 5) is 12.7. The number of hydrogen-bond donors (Lipinski definition) is 2. The van der Waals surface area contributed by atoms with Crippen LogP contribution in [0.4, 0.5) is 0 Å². The number of aliphatic hydroxyl groups excluding tert-OH is 1. The molecule has 0 aliphatic heterocycles. The number of hydrogen-bond acceptors (Lipinski definition) is 3. The molecule has 0 bridgehead atoms. The Morgan fingerprint density at radius 1 is 1.33 bits per heavy atom. The number of carbonyl (C=O) groups excluding carboxylic acids is 1. The maximum absolute atomic E-state index is 11.6. The molecule has 2 unspecified atom stereocenters. The van der Waals surface area contributed by atoms with Gasteiger partial charge in [0.15, 0.2) is 0 Å². The second kappa shape index (κ2) is 8.16. The molecule has 0 radical (unpaired) electrons. The smallest absolute Gasteiger partial charge is 0.230 e. The molecule has 0 spiro atoms. The SMILES string of the molecule is CC(O)CC(C)CNC(=O)CSc1ccccc1. The minimum atomic E-state index is -0.310. The Hall–Kier alpha value is -1.00. The predicted molar refractivity (Wildman–Crippen MR) is 75.6 cm³/mol. The average molecular weight is 267 g/mol. The highest BCUT2D eigenvalue weighted by atomic mass is 32.2. The molecule has 0 aliphatic carbocycles. The van der Waals surface area contributed by atoms with Crippen LogP contribution in [0.2, 0.25) is 0 Å². The number of benzene rings is 1. The van der Waals surface area contributed by atoms with E-state index in [9.17, 15) is 9.90 Å². The van der Waals surface area contributed by atoms with Crippen molar-refractivity contribution in [2.24, 2.45) is 5.92 Å². The average Bonchev–Trinajstić information content (AvgIpc) is 2.34. The Balaban J connectivity index is 2.18. The lowest BCUT2D eigenvalue weighted by atomic mass is 10.1. The van der Waals surface area contributed by atoms with E-state index in [1.807, 2.05) is 37.3 Å². The fourth-order valence-corrected chi connectivity index (χ4v) is 2.42. The molecule has 1 rings (SSSR count). The summed E-state index contributed by atoms with van der Waals surface area (Å²) < 4.78 is 0. The summed E-state index contributed by atoms with van der Waals surface area (Å²) in [5, 5.41) is 12.1. The number of thioether (sulfide) groups is 1. The van der Waals surface area contributed by atoms with Gasteiger partial charge in [0.1, 0.15) is 0 Å². The predicted octanol–water partition coefficient (Wildman–Crippen LogP) is 2.30. The van der Waals surface area contributed by atoms with Gasteiger partial charge in [-0.05, 0) is 31.4 Å². The first-order chi connectivity index (χ1) is 8.58. The molecule has 0 saturated carbocycles. The first-order valence-electron chi connectivity index (χ1n) is 6.20. The second-order valence-corrected chi connectivity index (χ2v) is 5.64. The van der Waals surface area contributed by atoms with E-state index in [-0.39, 0.29) is 12.0 Å². The summed E-state index contributed by atoms with van der Waals surface area (Å²) in [6, 6.07) is 9.87. The molecule has 2 N–H and O–H groups in total. The summed E-state index contributed by atoms with van der Waals surface area (Å²) in [6.45, 7) is 4.42. The molecule has 0 saturated heterocycles. The lowest BCUT2D eigenvalue weighted by Crippen LogP contribution is -2.30. The van der Waals surface area contributed by atoms with Gasteiger partial charge in [-0.3, -0.25) is 4.79 Å². The summed E-state index contributed by atoms with van der Waals surface area (Å²) in [5.74, 6) is 0.780. The van der Waals surface area contributed by atoms with Gasteiger partial charge in [-0.15, -0.1) is 11.8 Å².